The highest BCUT2D eigenvalue weighted by Crippen LogP contribution is 1.79. The lowest BCUT2D eigenvalue weighted by molar-refractivity contribution is 0.321. The molecule has 0 saturated heterocycles. The van der Waals surface area contributed by atoms with E-state index in [1.54, 1.807) is 12.4 Å². The molecule has 8 heavy (non-hydrogen) atoms. The van der Waals surface area contributed by atoms with Crippen LogP contribution in [0.5, 0.6) is 0 Å². The Hall–Kier alpha value is -0.830. The molecular weight excluding hydrogens is 102 g/mol. The van der Waals surface area contributed by atoms with Crippen LogP contribution in [0.25, 0.3) is 0 Å². The number of hydrogen-bond donors (Lipinski definition) is 1. The van der Waals surface area contributed by atoms with Gasteiger partial charge in [0.1, 0.15) is 0 Å². The van der Waals surface area contributed by atoms with Gasteiger partial charge in [-0.3, -0.25) is 4.99 Å². The third-order valence-electron chi connectivity index (χ3n) is 0.916. The molecule has 1 rings (SSSR count). The van der Waals surface area contributed by atoms with Crippen molar-refractivity contribution in [3.05, 3.63) is 12.4 Å². The molecular formula is C5H9N3. The molecule has 0 saturated carbocycles. The van der Waals surface area contributed by atoms with Gasteiger partial charge in [-0.05, 0) is 0 Å². The van der Waals surface area contributed by atoms with Crippen molar-refractivity contribution in [2.75, 3.05) is 13.6 Å². The zero-order chi connectivity index (χ0) is 5.82. The average molecular weight is 111 g/mol. The molecule has 1 N–H and O–H groups in total. The molecule has 0 aromatic heterocycles. The van der Waals surface area contributed by atoms with Gasteiger partial charge in [-0.2, -0.15) is 0 Å². The summed E-state index contributed by atoms with van der Waals surface area (Å²) in [6.45, 7) is 0.854. The van der Waals surface area contributed by atoms with E-state index in [4.69, 9.17) is 0 Å². The maximum Gasteiger partial charge on any atom is 0.0529 e. The molecule has 0 radical (unpaired) electrons. The highest BCUT2D eigenvalue weighted by Gasteiger charge is 1.89. The van der Waals surface area contributed by atoms with Gasteiger partial charge >= 0.3 is 0 Å². The van der Waals surface area contributed by atoms with Gasteiger partial charge in [0.2, 0.25) is 0 Å². The molecule has 3 nitrogen and oxygen atoms in total. The van der Waals surface area contributed by atoms with Gasteiger partial charge in [0.05, 0.1) is 6.54 Å². The second-order valence-corrected chi connectivity index (χ2v) is 1.66. The van der Waals surface area contributed by atoms with E-state index in [0.717, 1.165) is 6.54 Å². The van der Waals surface area contributed by atoms with Crippen molar-refractivity contribution in [3.8, 4) is 0 Å². The number of hydrazine groups is 1. The highest BCUT2D eigenvalue weighted by molar-refractivity contribution is 5.60. The van der Waals surface area contributed by atoms with Gasteiger partial charge in [0, 0.05) is 25.7 Å². The largest absolute Gasteiger partial charge is 0.325 e. The molecule has 0 aromatic rings. The molecule has 0 bridgehead atoms. The Morgan fingerprint density at radius 1 is 1.75 bits per heavy atom. The normalized spacial score (nSPS) is 20.1. The van der Waals surface area contributed by atoms with E-state index in [1.807, 2.05) is 18.3 Å². The van der Waals surface area contributed by atoms with Crippen LogP contribution in [0.2, 0.25) is 0 Å². The molecule has 1 aliphatic heterocycles. The van der Waals surface area contributed by atoms with Gasteiger partial charge in [-0.1, -0.05) is 0 Å². The van der Waals surface area contributed by atoms with Crippen LogP contribution < -0.4 is 5.43 Å². The molecule has 3 heteroatoms. The fourth-order valence-electron chi connectivity index (χ4n) is 0.487. The van der Waals surface area contributed by atoms with Crippen LogP contribution in [0.3, 0.4) is 0 Å². The van der Waals surface area contributed by atoms with E-state index in [-0.39, 0.29) is 0 Å². The van der Waals surface area contributed by atoms with Crippen LogP contribution in [0.1, 0.15) is 0 Å². The van der Waals surface area contributed by atoms with Crippen LogP contribution in [-0.4, -0.2) is 24.8 Å². The Labute approximate surface area is 48.7 Å². The van der Waals surface area contributed by atoms with Gasteiger partial charge < -0.3 is 5.43 Å². The molecule has 0 amide bonds. The third kappa shape index (κ3) is 1.35. The van der Waals surface area contributed by atoms with Crippen molar-refractivity contribution < 1.29 is 0 Å². The van der Waals surface area contributed by atoms with Gasteiger partial charge in [-0.25, -0.2) is 5.01 Å². The summed E-state index contributed by atoms with van der Waals surface area (Å²) in [5, 5.41) is 1.94. The lowest BCUT2D eigenvalue weighted by Gasteiger charge is -2.10. The number of aliphatic imine (C=N–C) groups is 1. The fourth-order valence-corrected chi connectivity index (χ4v) is 0.487. The van der Waals surface area contributed by atoms with E-state index in [2.05, 4.69) is 10.4 Å². The van der Waals surface area contributed by atoms with Crippen molar-refractivity contribution in [2.24, 2.45) is 4.99 Å². The molecule has 0 spiro atoms. The van der Waals surface area contributed by atoms with Crippen molar-refractivity contribution >= 4 is 6.21 Å². The highest BCUT2D eigenvalue weighted by atomic mass is 15.5. The van der Waals surface area contributed by atoms with Gasteiger partial charge in [0.25, 0.3) is 0 Å². The summed E-state index contributed by atoms with van der Waals surface area (Å²) < 4.78 is 0. The maximum atomic E-state index is 3.91. The van der Waals surface area contributed by atoms with Crippen LogP contribution in [-0.2, 0) is 0 Å². The van der Waals surface area contributed by atoms with E-state index < -0.39 is 0 Å². The second-order valence-electron chi connectivity index (χ2n) is 1.66. The molecule has 1 aliphatic rings. The lowest BCUT2D eigenvalue weighted by atomic mass is 10.7. The van der Waals surface area contributed by atoms with E-state index in [0.29, 0.717) is 0 Å². The number of rotatable bonds is 0. The fraction of sp³-hybridized carbons (Fsp3) is 0.400. The summed E-state index contributed by atoms with van der Waals surface area (Å²) in [6.07, 6.45) is 5.36. The SMILES string of the molecule is CN1CC=NC=CN1. The number of hydrogen-bond acceptors (Lipinski definition) is 3. The molecule has 0 fully saturated rings. The van der Waals surface area contributed by atoms with Gasteiger partial charge in [-0.15, -0.1) is 0 Å². The monoisotopic (exact) mass is 111 g/mol. The molecule has 0 atom stereocenters. The molecule has 44 valence electrons. The minimum atomic E-state index is 0.854. The zero-order valence-corrected chi connectivity index (χ0v) is 4.83. The lowest BCUT2D eigenvalue weighted by Crippen LogP contribution is -2.30. The summed E-state index contributed by atoms with van der Waals surface area (Å²) in [5.41, 5.74) is 2.97. The van der Waals surface area contributed by atoms with Crippen LogP contribution in [0.15, 0.2) is 17.4 Å². The summed E-state index contributed by atoms with van der Waals surface area (Å²) in [7, 11) is 1.96. The Morgan fingerprint density at radius 3 is 3.50 bits per heavy atom. The first-order chi connectivity index (χ1) is 3.89. The van der Waals surface area contributed by atoms with Crippen molar-refractivity contribution in [3.63, 3.8) is 0 Å². The standard InChI is InChI=1S/C5H9N3/c1-8-5-4-6-2-3-7-8/h2-4,7H,5H2,1H3. The molecule has 1 heterocycles. The van der Waals surface area contributed by atoms with Crippen molar-refractivity contribution in [1.82, 2.24) is 10.4 Å². The van der Waals surface area contributed by atoms with E-state index in [1.165, 1.54) is 0 Å². The molecule has 0 aromatic carbocycles. The van der Waals surface area contributed by atoms with Crippen molar-refractivity contribution in [2.45, 2.75) is 0 Å². The average Bonchev–Trinajstić information content (AvgIpc) is 1.94. The smallest absolute Gasteiger partial charge is 0.0529 e. The molecule has 0 unspecified atom stereocenters. The minimum Gasteiger partial charge on any atom is -0.325 e. The topological polar surface area (TPSA) is 27.6 Å². The Balaban J connectivity index is 2.45. The molecule has 0 aliphatic carbocycles. The summed E-state index contributed by atoms with van der Waals surface area (Å²) in [5.74, 6) is 0. The van der Waals surface area contributed by atoms with E-state index >= 15 is 0 Å². The second kappa shape index (κ2) is 2.47. The maximum absolute atomic E-state index is 3.91. The summed E-state index contributed by atoms with van der Waals surface area (Å²) >= 11 is 0. The van der Waals surface area contributed by atoms with Gasteiger partial charge in [0.15, 0.2) is 0 Å². The first kappa shape index (κ1) is 5.31. The van der Waals surface area contributed by atoms with Crippen LogP contribution in [0.4, 0.5) is 0 Å². The first-order valence-electron chi connectivity index (χ1n) is 2.53. The Kier molecular flexibility index (Phi) is 1.64. The third-order valence-corrected chi connectivity index (χ3v) is 0.916. The Morgan fingerprint density at radius 2 is 2.62 bits per heavy atom. The number of nitrogens with one attached hydrogen (secondary N) is 1. The number of nitrogens with zero attached hydrogens (tertiary/aromatic N) is 2. The van der Waals surface area contributed by atoms with Crippen molar-refractivity contribution in [1.29, 1.82) is 0 Å². The Bertz CT molecular complexity index is 103. The first-order valence-corrected chi connectivity index (χ1v) is 2.53. The zero-order valence-electron chi connectivity index (χ0n) is 4.83. The predicted octanol–water partition coefficient (Wildman–Crippen LogP) is -0.0216. The quantitative estimate of drug-likeness (QED) is 0.475. The minimum absolute atomic E-state index is 0.854. The predicted molar refractivity (Wildman–Crippen MR) is 33.4 cm³/mol. The summed E-state index contributed by atoms with van der Waals surface area (Å²) in [6, 6.07) is 0. The van der Waals surface area contributed by atoms with E-state index in [9.17, 15) is 0 Å². The summed E-state index contributed by atoms with van der Waals surface area (Å²) in [4.78, 5) is 3.91. The van der Waals surface area contributed by atoms with Crippen LogP contribution >= 0.6 is 0 Å². The van der Waals surface area contributed by atoms with Crippen LogP contribution in [0, 0.1) is 0 Å².